The van der Waals surface area contributed by atoms with E-state index < -0.39 is 0 Å². The third-order valence-corrected chi connectivity index (χ3v) is 3.52. The molecule has 1 atom stereocenters. The van der Waals surface area contributed by atoms with Crippen molar-refractivity contribution in [1.82, 2.24) is 5.32 Å². The maximum atomic E-state index is 13.1. The Kier molecular flexibility index (Phi) is 2.92. The molecule has 1 fully saturated rings. The van der Waals surface area contributed by atoms with Crippen LogP contribution in [0.5, 0.6) is 0 Å². The van der Waals surface area contributed by atoms with Crippen molar-refractivity contribution in [2.45, 2.75) is 13.0 Å². The summed E-state index contributed by atoms with van der Waals surface area (Å²) < 4.78 is 13.1. The van der Waals surface area contributed by atoms with E-state index >= 15 is 0 Å². The van der Waals surface area contributed by atoms with Gasteiger partial charge in [0.15, 0.2) is 0 Å². The molecule has 0 aromatic heterocycles. The van der Waals surface area contributed by atoms with E-state index in [0.717, 1.165) is 30.4 Å². The van der Waals surface area contributed by atoms with Gasteiger partial charge < -0.3 is 10.2 Å². The van der Waals surface area contributed by atoms with Crippen molar-refractivity contribution in [3.8, 4) is 0 Å². The minimum absolute atomic E-state index is 0.175. The van der Waals surface area contributed by atoms with Crippen molar-refractivity contribution < 1.29 is 4.39 Å². The van der Waals surface area contributed by atoms with Crippen LogP contribution in [0.4, 0.5) is 10.1 Å². The quantitative estimate of drug-likeness (QED) is 0.829. The van der Waals surface area contributed by atoms with Gasteiger partial charge in [0.05, 0.1) is 0 Å². The molecule has 3 heteroatoms. The van der Waals surface area contributed by atoms with Crippen LogP contribution in [-0.2, 0) is 0 Å². The number of fused-ring (bicyclic) bond motifs is 1. The first-order valence-electron chi connectivity index (χ1n) is 6.40. The van der Waals surface area contributed by atoms with Gasteiger partial charge in [-0.05, 0) is 42.0 Å². The summed E-state index contributed by atoms with van der Waals surface area (Å²) in [5.74, 6) is -0.175. The summed E-state index contributed by atoms with van der Waals surface area (Å²) in [5.41, 5.74) is 1.22. The van der Waals surface area contributed by atoms with Crippen molar-refractivity contribution in [1.29, 1.82) is 0 Å². The lowest BCUT2D eigenvalue weighted by molar-refractivity contribution is 0.485. The zero-order chi connectivity index (χ0) is 12.5. The highest BCUT2D eigenvalue weighted by Gasteiger charge is 2.15. The molecule has 1 saturated heterocycles. The summed E-state index contributed by atoms with van der Waals surface area (Å²) >= 11 is 0. The van der Waals surface area contributed by atoms with Gasteiger partial charge in [0.25, 0.3) is 0 Å². The Hall–Kier alpha value is -1.61. The summed E-state index contributed by atoms with van der Waals surface area (Å²) in [5, 5.41) is 5.49. The Morgan fingerprint density at radius 3 is 2.78 bits per heavy atom. The first-order valence-corrected chi connectivity index (χ1v) is 6.40. The molecule has 1 aliphatic heterocycles. The Labute approximate surface area is 106 Å². The van der Waals surface area contributed by atoms with Crippen LogP contribution in [0.15, 0.2) is 36.4 Å². The van der Waals surface area contributed by atoms with Crippen LogP contribution < -0.4 is 10.2 Å². The topological polar surface area (TPSA) is 15.3 Å². The van der Waals surface area contributed by atoms with E-state index in [1.165, 1.54) is 11.8 Å². The van der Waals surface area contributed by atoms with E-state index in [4.69, 9.17) is 0 Å². The highest BCUT2D eigenvalue weighted by atomic mass is 19.1. The molecule has 0 amide bonds. The highest BCUT2D eigenvalue weighted by molar-refractivity contribution is 5.86. The van der Waals surface area contributed by atoms with Gasteiger partial charge in [0.2, 0.25) is 0 Å². The molecule has 0 radical (unpaired) electrons. The minimum Gasteiger partial charge on any atom is -0.369 e. The number of rotatable bonds is 1. The van der Waals surface area contributed by atoms with E-state index in [-0.39, 0.29) is 5.82 Å². The number of piperazine rings is 1. The SMILES string of the molecule is C[C@@H]1CN(c2ccc3cc(F)ccc3c2)CCN1. The zero-order valence-electron chi connectivity index (χ0n) is 10.5. The number of nitrogens with one attached hydrogen (secondary N) is 1. The van der Waals surface area contributed by atoms with E-state index in [0.29, 0.717) is 6.04 Å². The van der Waals surface area contributed by atoms with Gasteiger partial charge >= 0.3 is 0 Å². The number of anilines is 1. The van der Waals surface area contributed by atoms with E-state index in [1.54, 1.807) is 6.07 Å². The van der Waals surface area contributed by atoms with Crippen LogP contribution >= 0.6 is 0 Å². The standard InChI is InChI=1S/C15H17FN2/c1-11-10-18(7-6-17-11)15-5-3-12-8-14(16)4-2-13(12)9-15/h2-5,8-9,11,17H,6-7,10H2,1H3/t11-/m1/s1. The zero-order valence-corrected chi connectivity index (χ0v) is 10.5. The third kappa shape index (κ3) is 2.18. The van der Waals surface area contributed by atoms with Gasteiger partial charge in [0.1, 0.15) is 5.82 Å². The van der Waals surface area contributed by atoms with Crippen molar-refractivity contribution in [2.24, 2.45) is 0 Å². The molecule has 0 saturated carbocycles. The highest BCUT2D eigenvalue weighted by Crippen LogP contribution is 2.23. The minimum atomic E-state index is -0.175. The van der Waals surface area contributed by atoms with Gasteiger partial charge in [-0.3, -0.25) is 0 Å². The third-order valence-electron chi connectivity index (χ3n) is 3.52. The van der Waals surface area contributed by atoms with Gasteiger partial charge in [-0.2, -0.15) is 0 Å². The first kappa shape index (κ1) is 11.5. The molecule has 18 heavy (non-hydrogen) atoms. The van der Waals surface area contributed by atoms with Crippen molar-refractivity contribution in [3.05, 3.63) is 42.2 Å². The predicted molar refractivity (Wildman–Crippen MR) is 73.6 cm³/mol. The van der Waals surface area contributed by atoms with Gasteiger partial charge in [-0.1, -0.05) is 12.1 Å². The van der Waals surface area contributed by atoms with Crippen molar-refractivity contribution >= 4 is 16.5 Å². The second-order valence-corrected chi connectivity index (χ2v) is 4.98. The molecule has 2 nitrogen and oxygen atoms in total. The fraction of sp³-hybridized carbons (Fsp3) is 0.333. The fourth-order valence-corrected chi connectivity index (χ4v) is 2.57. The maximum absolute atomic E-state index is 13.1. The van der Waals surface area contributed by atoms with Crippen LogP contribution in [-0.4, -0.2) is 25.7 Å². The molecule has 1 heterocycles. The van der Waals surface area contributed by atoms with Crippen molar-refractivity contribution in [3.63, 3.8) is 0 Å². The van der Waals surface area contributed by atoms with Gasteiger partial charge in [-0.25, -0.2) is 4.39 Å². The first-order chi connectivity index (χ1) is 8.72. The lowest BCUT2D eigenvalue weighted by atomic mass is 10.1. The molecule has 94 valence electrons. The molecule has 0 bridgehead atoms. The van der Waals surface area contributed by atoms with Crippen LogP contribution in [0.3, 0.4) is 0 Å². The van der Waals surface area contributed by atoms with Gasteiger partial charge in [0, 0.05) is 31.4 Å². The molecule has 2 aromatic rings. The average Bonchev–Trinajstić information content (AvgIpc) is 2.38. The molecule has 2 aromatic carbocycles. The van der Waals surface area contributed by atoms with Crippen LogP contribution in [0.1, 0.15) is 6.92 Å². The molecular formula is C15H17FN2. The van der Waals surface area contributed by atoms with E-state index in [2.05, 4.69) is 29.3 Å². The van der Waals surface area contributed by atoms with Crippen LogP contribution in [0, 0.1) is 5.82 Å². The molecular weight excluding hydrogens is 227 g/mol. The molecule has 0 unspecified atom stereocenters. The Morgan fingerprint density at radius 2 is 1.94 bits per heavy atom. The van der Waals surface area contributed by atoms with Crippen molar-refractivity contribution in [2.75, 3.05) is 24.5 Å². The largest absolute Gasteiger partial charge is 0.369 e. The Morgan fingerprint density at radius 1 is 1.17 bits per heavy atom. The Balaban J connectivity index is 1.95. The summed E-state index contributed by atoms with van der Waals surface area (Å²) in [7, 11) is 0. The summed E-state index contributed by atoms with van der Waals surface area (Å²) in [4.78, 5) is 2.38. The normalized spacial score (nSPS) is 20.3. The van der Waals surface area contributed by atoms with Gasteiger partial charge in [-0.15, -0.1) is 0 Å². The molecule has 0 aliphatic carbocycles. The molecule has 1 N–H and O–H groups in total. The average molecular weight is 244 g/mol. The number of nitrogens with zero attached hydrogens (tertiary/aromatic N) is 1. The summed E-state index contributed by atoms with van der Waals surface area (Å²) in [6, 6.07) is 11.7. The lowest BCUT2D eigenvalue weighted by Gasteiger charge is -2.33. The molecule has 0 spiro atoms. The van der Waals surface area contributed by atoms with E-state index in [1.807, 2.05) is 12.1 Å². The summed E-state index contributed by atoms with van der Waals surface area (Å²) in [6.07, 6.45) is 0. The number of halogens is 1. The fourth-order valence-electron chi connectivity index (χ4n) is 2.57. The summed E-state index contributed by atoms with van der Waals surface area (Å²) in [6.45, 7) is 5.26. The maximum Gasteiger partial charge on any atom is 0.123 e. The molecule has 1 aliphatic rings. The monoisotopic (exact) mass is 244 g/mol. The Bertz CT molecular complexity index is 567. The smallest absolute Gasteiger partial charge is 0.123 e. The number of hydrogen-bond donors (Lipinski definition) is 1. The lowest BCUT2D eigenvalue weighted by Crippen LogP contribution is -2.49. The van der Waals surface area contributed by atoms with Crippen LogP contribution in [0.25, 0.3) is 10.8 Å². The number of hydrogen-bond acceptors (Lipinski definition) is 2. The van der Waals surface area contributed by atoms with Crippen LogP contribution in [0.2, 0.25) is 0 Å². The second kappa shape index (κ2) is 4.58. The number of benzene rings is 2. The second-order valence-electron chi connectivity index (χ2n) is 4.98. The molecule has 3 rings (SSSR count). The van der Waals surface area contributed by atoms with E-state index in [9.17, 15) is 4.39 Å². The predicted octanol–water partition coefficient (Wildman–Crippen LogP) is 2.78.